The lowest BCUT2D eigenvalue weighted by Gasteiger charge is -2.43. The predicted molar refractivity (Wildman–Crippen MR) is 428 cm³/mol. The Bertz CT molecular complexity index is 4180. The molecule has 1 aliphatic carbocycles. The van der Waals surface area contributed by atoms with Crippen LogP contribution in [0, 0.1) is 51.2 Å². The van der Waals surface area contributed by atoms with Crippen LogP contribution in [0.1, 0.15) is 205 Å². The molecule has 4 aromatic heterocycles. The first-order valence-corrected chi connectivity index (χ1v) is 40.2. The van der Waals surface area contributed by atoms with Crippen LogP contribution in [0.15, 0.2) is 73.3 Å². The number of fused-ring (bicyclic) bond motifs is 4. The smallest absolute Gasteiger partial charge is 0.317 e. The average molecular weight is 1570 g/mol. The first-order chi connectivity index (χ1) is 51.4. The highest BCUT2D eigenvalue weighted by molar-refractivity contribution is 6.32. The highest BCUT2D eigenvalue weighted by atomic mass is 35.5. The first-order valence-electron chi connectivity index (χ1n) is 38.6. The van der Waals surface area contributed by atoms with Gasteiger partial charge >= 0.3 is 12.1 Å². The van der Waals surface area contributed by atoms with E-state index in [4.69, 9.17) is 51.1 Å². The fraction of sp³-hybridized carbons (Fsp3) is 0.605. The second-order valence-electron chi connectivity index (χ2n) is 32.9. The quantitative estimate of drug-likeness (QED) is 0.0358. The molecule has 13 rings (SSSR count). The SMILES string of the molecule is CC(C)(C1CCN(C(=O)CC2CCCCC2)CC1)C(O)c1cc(Cl)cc2cn[nH]c12.CCC(=O)N1CCC(C(C)(C)[C@H](O)c2cc(Cl)cc3cn[nH]c23)CC1.CNC(=O)N1CCC(C(C)(C)[C@H](O)c2cc(Cl)cc3cn[nH]c23)CC1.COCCNC(=O)N1CCC(C(C)(C)[C@H](O)c2cc(Cl)cc3cn[nH]c23)CC1. The number of carbonyl (C=O) groups is 4. The summed E-state index contributed by atoms with van der Waals surface area (Å²) in [5.41, 5.74) is 5.08. The minimum Gasteiger partial charge on any atom is -0.388 e. The third kappa shape index (κ3) is 19.4. The van der Waals surface area contributed by atoms with E-state index in [9.17, 15) is 39.6 Å². The molecule has 4 atom stereocenters. The number of likely N-dealkylation sites (tertiary alicyclic amines) is 4. The molecule has 0 radical (unpaired) electrons. The van der Waals surface area contributed by atoms with E-state index in [-0.39, 0.29) is 45.5 Å². The predicted octanol–water partition coefficient (Wildman–Crippen LogP) is 16.1. The maximum Gasteiger partial charge on any atom is 0.317 e. The molecule has 4 aromatic carbocycles. The molecule has 108 heavy (non-hydrogen) atoms. The van der Waals surface area contributed by atoms with Crippen LogP contribution < -0.4 is 10.6 Å². The molecular weight excluding hydrogens is 1450 g/mol. The van der Waals surface area contributed by atoms with Gasteiger partial charge in [-0.1, -0.05) is 128 Å². The van der Waals surface area contributed by atoms with Crippen molar-refractivity contribution in [2.24, 2.45) is 51.2 Å². The first kappa shape index (κ1) is 83.7. The number of nitrogens with zero attached hydrogens (tertiary/aromatic N) is 8. The number of carbonyl (C=O) groups excluding carboxylic acids is 4. The van der Waals surface area contributed by atoms with Crippen molar-refractivity contribution in [1.29, 1.82) is 0 Å². The Morgan fingerprint density at radius 3 is 1.03 bits per heavy atom. The molecule has 8 aromatic rings. The van der Waals surface area contributed by atoms with Crippen molar-refractivity contribution in [2.75, 3.05) is 79.7 Å². The van der Waals surface area contributed by atoms with Crippen LogP contribution in [-0.2, 0) is 14.3 Å². The molecule has 5 aliphatic rings. The van der Waals surface area contributed by atoms with Crippen LogP contribution in [0.4, 0.5) is 9.59 Å². The van der Waals surface area contributed by atoms with Crippen molar-refractivity contribution in [2.45, 2.75) is 183 Å². The van der Waals surface area contributed by atoms with Crippen molar-refractivity contribution in [3.8, 4) is 0 Å². The number of H-pyrrole nitrogens is 4. The topological polar surface area (TPSA) is 310 Å². The van der Waals surface area contributed by atoms with Gasteiger partial charge < -0.3 is 55.4 Å². The number of nitrogens with one attached hydrogen (secondary N) is 6. The second kappa shape index (κ2) is 36.6. The number of aromatic nitrogens is 8. The fourth-order valence-electron chi connectivity index (χ4n) is 17.5. The summed E-state index contributed by atoms with van der Waals surface area (Å²) < 4.78 is 4.97. The number of methoxy groups -OCH3 is 1. The molecule has 590 valence electrons. The number of aromatic amines is 4. The van der Waals surface area contributed by atoms with Gasteiger partial charge in [0.2, 0.25) is 11.8 Å². The number of benzene rings is 4. The molecule has 6 amide bonds. The van der Waals surface area contributed by atoms with Crippen molar-refractivity contribution in [1.82, 2.24) is 71.0 Å². The zero-order valence-corrected chi connectivity index (χ0v) is 67.7. The minimum atomic E-state index is -0.693. The third-order valence-corrected chi connectivity index (χ3v) is 25.8. The van der Waals surface area contributed by atoms with Gasteiger partial charge in [-0.3, -0.25) is 30.0 Å². The van der Waals surface area contributed by atoms with Gasteiger partial charge in [0.25, 0.3) is 0 Å². The van der Waals surface area contributed by atoms with Crippen molar-refractivity contribution >= 4 is 114 Å². The number of urea groups is 2. The molecule has 0 bridgehead atoms. The summed E-state index contributed by atoms with van der Waals surface area (Å²) in [6, 6.07) is 14.6. The normalized spacial score (nSPS) is 18.4. The Morgan fingerprint density at radius 2 is 0.741 bits per heavy atom. The van der Waals surface area contributed by atoms with Crippen LogP contribution in [-0.4, -0.2) is 184 Å². The Hall–Kier alpha value is -6.80. The van der Waals surface area contributed by atoms with Crippen LogP contribution in [0.3, 0.4) is 0 Å². The van der Waals surface area contributed by atoms with Gasteiger partial charge in [-0.15, -0.1) is 0 Å². The summed E-state index contributed by atoms with van der Waals surface area (Å²) in [5.74, 6) is 2.38. The highest BCUT2D eigenvalue weighted by Crippen LogP contribution is 2.51. The molecule has 1 saturated carbocycles. The Balaban J connectivity index is 0.000000154. The van der Waals surface area contributed by atoms with Crippen LogP contribution in [0.5, 0.6) is 0 Å². The summed E-state index contributed by atoms with van der Waals surface area (Å²) >= 11 is 25.0. The monoisotopic (exact) mass is 1570 g/mol. The molecule has 10 N–H and O–H groups in total. The van der Waals surface area contributed by atoms with E-state index >= 15 is 0 Å². The lowest BCUT2D eigenvalue weighted by Crippen LogP contribution is -2.47. The molecule has 1 unspecified atom stereocenters. The lowest BCUT2D eigenvalue weighted by molar-refractivity contribution is -0.135. The van der Waals surface area contributed by atoms with Gasteiger partial charge in [-0.25, -0.2) is 9.59 Å². The number of aliphatic hydroxyl groups is 4. The van der Waals surface area contributed by atoms with Crippen molar-refractivity contribution < 1.29 is 44.3 Å². The van der Waals surface area contributed by atoms with Gasteiger partial charge in [0.15, 0.2) is 0 Å². The van der Waals surface area contributed by atoms with E-state index in [1.54, 1.807) is 38.9 Å². The minimum absolute atomic E-state index is 0.0363. The summed E-state index contributed by atoms with van der Waals surface area (Å²) in [5, 5.41) is 84.7. The summed E-state index contributed by atoms with van der Waals surface area (Å²) in [7, 11) is 3.26. The van der Waals surface area contributed by atoms with E-state index in [1.165, 1.54) is 32.1 Å². The molecule has 27 heteroatoms. The van der Waals surface area contributed by atoms with Crippen LogP contribution in [0.2, 0.25) is 20.1 Å². The van der Waals surface area contributed by atoms with Crippen LogP contribution >= 0.6 is 46.4 Å². The van der Waals surface area contributed by atoms with Gasteiger partial charge in [-0.05, 0) is 164 Å². The standard InChI is InChI=1S/C24H34ClN3O2.C20H29ClN4O3.C19H26ClN3O2.C18H25ClN4O2/c1-24(2,23(30)20-14-19(25)13-17-15-26-27-22(17)20)18-8-10-28(11-9-18)21(29)12-16-6-4-3-5-7-16;1-20(2,14-4-7-25(8-5-14)19(27)22-6-9-28-3)18(26)16-11-15(21)10-13-12-23-24-17(13)16;1-4-16(24)23-7-5-13(6-8-23)19(2,3)18(25)15-10-14(20)9-12-11-21-22-17(12)15;1-18(2,12-4-6-23(7-5-12)17(25)20-3)16(24)14-9-13(19)8-11-10-21-22-15(11)14/h13-16,18,23,30H,3-12H2,1-2H3,(H,26,27);10-12,14,18,26H,4-9H2,1-3H3,(H,22,27)(H,23,24);9-11,13,18,25H,4-8H2,1-3H3,(H,21,22);8-10,12,16,24H,4-7H2,1-3H3,(H,20,25)(H,21,22)/t;2*18-;16-/m.111/s1. The number of rotatable bonds is 18. The van der Waals surface area contributed by atoms with Gasteiger partial charge in [-0.2, -0.15) is 20.4 Å². The van der Waals surface area contributed by atoms with Gasteiger partial charge in [0.1, 0.15) is 0 Å². The lowest BCUT2D eigenvalue weighted by atomic mass is 9.68. The zero-order valence-electron chi connectivity index (χ0n) is 64.7. The average Bonchev–Trinajstić information content (AvgIpc) is 1.43. The largest absolute Gasteiger partial charge is 0.388 e. The molecule has 8 heterocycles. The van der Waals surface area contributed by atoms with Crippen molar-refractivity contribution in [3.63, 3.8) is 0 Å². The van der Waals surface area contributed by atoms with Crippen molar-refractivity contribution in [3.05, 3.63) is 116 Å². The summed E-state index contributed by atoms with van der Waals surface area (Å²) in [6.45, 7) is 25.6. The molecule has 23 nitrogen and oxygen atoms in total. The molecule has 5 fully saturated rings. The highest BCUT2D eigenvalue weighted by Gasteiger charge is 2.45. The summed E-state index contributed by atoms with van der Waals surface area (Å²) in [4.78, 5) is 56.3. The number of hydrogen-bond acceptors (Lipinski definition) is 13. The molecule has 0 spiro atoms. The number of ether oxygens (including phenoxy) is 1. The van der Waals surface area contributed by atoms with E-state index in [0.29, 0.717) is 95.4 Å². The second-order valence-corrected chi connectivity index (χ2v) is 34.6. The maximum absolute atomic E-state index is 12.8. The number of amides is 6. The Morgan fingerprint density at radius 1 is 0.454 bits per heavy atom. The number of aliphatic hydroxyl groups excluding tert-OH is 4. The molecular formula is C81H114Cl4N14O9. The fourth-order valence-corrected chi connectivity index (χ4v) is 18.4. The van der Waals surface area contributed by atoms with E-state index in [1.807, 2.05) is 70.2 Å². The van der Waals surface area contributed by atoms with E-state index in [0.717, 1.165) is 150 Å². The Labute approximate surface area is 655 Å². The van der Waals surface area contributed by atoms with E-state index < -0.39 is 24.4 Å². The van der Waals surface area contributed by atoms with Crippen LogP contribution in [0.25, 0.3) is 43.6 Å². The molecule has 4 aliphatic heterocycles. The zero-order chi connectivity index (χ0) is 78.0. The number of hydrogen-bond donors (Lipinski definition) is 10. The van der Waals surface area contributed by atoms with Gasteiger partial charge in [0.05, 0.1) is 77.9 Å². The summed E-state index contributed by atoms with van der Waals surface area (Å²) in [6.07, 6.45) is 18.8. The molecule has 4 saturated heterocycles. The van der Waals surface area contributed by atoms with Gasteiger partial charge in [0, 0.05) is 150 Å². The number of halogens is 4. The Kier molecular flexibility index (Phi) is 28.3. The third-order valence-electron chi connectivity index (χ3n) is 24.9. The van der Waals surface area contributed by atoms with E-state index in [2.05, 4.69) is 112 Å². The maximum atomic E-state index is 12.8. The number of piperidine rings is 4.